The van der Waals surface area contributed by atoms with Gasteiger partial charge in [0.25, 0.3) is 0 Å². The second-order valence-corrected chi connectivity index (χ2v) is 5.60. The molecule has 0 atom stereocenters. The molecule has 0 radical (unpaired) electrons. The van der Waals surface area contributed by atoms with Crippen molar-refractivity contribution in [2.45, 2.75) is 20.1 Å². The van der Waals surface area contributed by atoms with Crippen molar-refractivity contribution >= 4 is 17.5 Å². The SMILES string of the molecule is CC(=O)N(CCO)Cc1cccc(OCc2ccccc2Cl)c1. The van der Waals surface area contributed by atoms with Crippen LogP contribution in [-0.2, 0) is 17.9 Å². The first kappa shape index (κ1) is 17.3. The molecule has 2 aromatic rings. The number of rotatable bonds is 7. The number of nitrogens with zero attached hydrogens (tertiary/aromatic N) is 1. The topological polar surface area (TPSA) is 49.8 Å². The Kier molecular flexibility index (Phi) is 6.44. The predicted octanol–water partition coefficient (Wildman–Crippen LogP) is 3.26. The Morgan fingerprint density at radius 1 is 1.22 bits per heavy atom. The third-order valence-electron chi connectivity index (χ3n) is 3.44. The minimum absolute atomic E-state index is 0.0533. The van der Waals surface area contributed by atoms with E-state index in [9.17, 15) is 4.79 Å². The minimum atomic E-state index is -0.0681. The van der Waals surface area contributed by atoms with Gasteiger partial charge in [-0.1, -0.05) is 41.9 Å². The number of aliphatic hydroxyl groups excluding tert-OH is 1. The van der Waals surface area contributed by atoms with Crippen LogP contribution in [0.5, 0.6) is 5.75 Å². The van der Waals surface area contributed by atoms with Gasteiger partial charge in [-0.25, -0.2) is 0 Å². The number of amides is 1. The van der Waals surface area contributed by atoms with Gasteiger partial charge in [-0.3, -0.25) is 4.79 Å². The van der Waals surface area contributed by atoms with Crippen LogP contribution in [0.2, 0.25) is 5.02 Å². The van der Waals surface area contributed by atoms with Crippen LogP contribution in [0.1, 0.15) is 18.1 Å². The van der Waals surface area contributed by atoms with Crippen LogP contribution in [0, 0.1) is 0 Å². The normalized spacial score (nSPS) is 10.4. The molecule has 0 fully saturated rings. The quantitative estimate of drug-likeness (QED) is 0.846. The molecule has 0 unspecified atom stereocenters. The Hall–Kier alpha value is -2.04. The molecule has 0 saturated carbocycles. The molecule has 23 heavy (non-hydrogen) atoms. The highest BCUT2D eigenvalue weighted by Gasteiger charge is 2.09. The van der Waals surface area contributed by atoms with E-state index in [-0.39, 0.29) is 12.5 Å². The first-order valence-electron chi connectivity index (χ1n) is 7.41. The van der Waals surface area contributed by atoms with E-state index < -0.39 is 0 Å². The van der Waals surface area contributed by atoms with E-state index in [0.29, 0.717) is 24.7 Å². The molecule has 122 valence electrons. The van der Waals surface area contributed by atoms with Crippen LogP contribution >= 0.6 is 11.6 Å². The fraction of sp³-hybridized carbons (Fsp3) is 0.278. The van der Waals surface area contributed by atoms with Gasteiger partial charge in [0.15, 0.2) is 0 Å². The Morgan fingerprint density at radius 3 is 2.70 bits per heavy atom. The van der Waals surface area contributed by atoms with Gasteiger partial charge >= 0.3 is 0 Å². The lowest BCUT2D eigenvalue weighted by Gasteiger charge is -2.20. The first-order chi connectivity index (χ1) is 11.1. The second kappa shape index (κ2) is 8.56. The monoisotopic (exact) mass is 333 g/mol. The van der Waals surface area contributed by atoms with Crippen molar-refractivity contribution in [3.8, 4) is 5.75 Å². The zero-order valence-corrected chi connectivity index (χ0v) is 13.8. The van der Waals surface area contributed by atoms with Crippen molar-refractivity contribution in [2.75, 3.05) is 13.2 Å². The van der Waals surface area contributed by atoms with Gasteiger partial charge in [-0.15, -0.1) is 0 Å². The highest BCUT2D eigenvalue weighted by Crippen LogP contribution is 2.20. The summed E-state index contributed by atoms with van der Waals surface area (Å²) < 4.78 is 5.78. The summed E-state index contributed by atoms with van der Waals surface area (Å²) in [4.78, 5) is 13.1. The van der Waals surface area contributed by atoms with Crippen molar-refractivity contribution in [1.82, 2.24) is 4.90 Å². The summed E-state index contributed by atoms with van der Waals surface area (Å²) in [5, 5.41) is 9.70. The first-order valence-corrected chi connectivity index (χ1v) is 7.79. The number of hydrogen-bond acceptors (Lipinski definition) is 3. The average Bonchev–Trinajstić information content (AvgIpc) is 2.54. The van der Waals surface area contributed by atoms with Crippen LogP contribution in [0.4, 0.5) is 0 Å². The van der Waals surface area contributed by atoms with E-state index >= 15 is 0 Å². The fourth-order valence-electron chi connectivity index (χ4n) is 2.20. The van der Waals surface area contributed by atoms with E-state index in [1.807, 2.05) is 48.5 Å². The third-order valence-corrected chi connectivity index (χ3v) is 3.81. The molecule has 0 spiro atoms. The molecule has 2 rings (SSSR count). The summed E-state index contributed by atoms with van der Waals surface area (Å²) in [5.41, 5.74) is 1.87. The van der Waals surface area contributed by atoms with Crippen molar-refractivity contribution in [2.24, 2.45) is 0 Å². The summed E-state index contributed by atoms with van der Waals surface area (Å²) in [6, 6.07) is 15.1. The van der Waals surface area contributed by atoms with Crippen molar-refractivity contribution in [3.63, 3.8) is 0 Å². The number of aliphatic hydroxyl groups is 1. The van der Waals surface area contributed by atoms with E-state index in [4.69, 9.17) is 21.4 Å². The maximum atomic E-state index is 11.5. The lowest BCUT2D eigenvalue weighted by atomic mass is 10.2. The number of carbonyl (C=O) groups is 1. The summed E-state index contributed by atoms with van der Waals surface area (Å²) >= 11 is 6.11. The van der Waals surface area contributed by atoms with Gasteiger partial charge < -0.3 is 14.7 Å². The van der Waals surface area contributed by atoms with E-state index in [0.717, 1.165) is 16.9 Å². The summed E-state index contributed by atoms with van der Waals surface area (Å²) in [7, 11) is 0. The smallest absolute Gasteiger partial charge is 0.219 e. The summed E-state index contributed by atoms with van der Waals surface area (Å²) in [6.45, 7) is 2.59. The molecule has 0 aliphatic carbocycles. The minimum Gasteiger partial charge on any atom is -0.489 e. The molecule has 0 aromatic heterocycles. The second-order valence-electron chi connectivity index (χ2n) is 5.19. The largest absolute Gasteiger partial charge is 0.489 e. The Morgan fingerprint density at radius 2 is 2.00 bits per heavy atom. The molecule has 2 aromatic carbocycles. The lowest BCUT2D eigenvalue weighted by molar-refractivity contribution is -0.129. The average molecular weight is 334 g/mol. The highest BCUT2D eigenvalue weighted by molar-refractivity contribution is 6.31. The number of hydrogen-bond donors (Lipinski definition) is 1. The number of halogens is 1. The van der Waals surface area contributed by atoms with Crippen LogP contribution in [0.15, 0.2) is 48.5 Å². The molecule has 4 nitrogen and oxygen atoms in total. The summed E-state index contributed by atoms with van der Waals surface area (Å²) in [5.74, 6) is 0.649. The molecule has 1 N–H and O–H groups in total. The molecule has 0 aliphatic heterocycles. The summed E-state index contributed by atoms with van der Waals surface area (Å²) in [6.07, 6.45) is 0. The third kappa shape index (κ3) is 5.27. The molecular weight excluding hydrogens is 314 g/mol. The fourth-order valence-corrected chi connectivity index (χ4v) is 2.39. The number of ether oxygens (including phenoxy) is 1. The standard InChI is InChI=1S/C18H20ClNO3/c1-14(22)20(9-10-21)12-15-5-4-7-17(11-15)23-13-16-6-2-3-8-18(16)19/h2-8,11,21H,9-10,12-13H2,1H3. The van der Waals surface area contributed by atoms with E-state index in [2.05, 4.69) is 0 Å². The maximum Gasteiger partial charge on any atom is 0.219 e. The van der Waals surface area contributed by atoms with Gasteiger partial charge in [0, 0.05) is 30.6 Å². The zero-order chi connectivity index (χ0) is 16.7. The van der Waals surface area contributed by atoms with Crippen molar-refractivity contribution in [3.05, 3.63) is 64.7 Å². The Balaban J connectivity index is 2.02. The van der Waals surface area contributed by atoms with Crippen LogP contribution in [0.3, 0.4) is 0 Å². The molecular formula is C18H20ClNO3. The van der Waals surface area contributed by atoms with Gasteiger partial charge in [0.2, 0.25) is 5.91 Å². The molecule has 0 bridgehead atoms. The maximum absolute atomic E-state index is 11.5. The Labute approximate surface area is 141 Å². The predicted molar refractivity (Wildman–Crippen MR) is 90.4 cm³/mol. The van der Waals surface area contributed by atoms with Crippen LogP contribution in [-0.4, -0.2) is 29.1 Å². The van der Waals surface area contributed by atoms with Crippen LogP contribution < -0.4 is 4.74 Å². The molecule has 0 heterocycles. The number of benzene rings is 2. The van der Waals surface area contributed by atoms with Crippen molar-refractivity contribution in [1.29, 1.82) is 0 Å². The molecule has 0 saturated heterocycles. The Bertz CT molecular complexity index is 660. The molecule has 1 amide bonds. The van der Waals surface area contributed by atoms with Crippen LogP contribution in [0.25, 0.3) is 0 Å². The van der Waals surface area contributed by atoms with Gasteiger partial charge in [0.05, 0.1) is 6.61 Å². The van der Waals surface area contributed by atoms with E-state index in [1.54, 1.807) is 4.90 Å². The van der Waals surface area contributed by atoms with E-state index in [1.165, 1.54) is 6.92 Å². The molecule has 5 heteroatoms. The van der Waals surface area contributed by atoms with Gasteiger partial charge in [0.1, 0.15) is 12.4 Å². The van der Waals surface area contributed by atoms with Gasteiger partial charge in [-0.05, 0) is 23.8 Å². The van der Waals surface area contributed by atoms with Gasteiger partial charge in [-0.2, -0.15) is 0 Å². The lowest BCUT2D eigenvalue weighted by Crippen LogP contribution is -2.30. The zero-order valence-electron chi connectivity index (χ0n) is 13.0. The van der Waals surface area contributed by atoms with Crippen molar-refractivity contribution < 1.29 is 14.6 Å². The number of carbonyl (C=O) groups excluding carboxylic acids is 1. The molecule has 0 aliphatic rings. The highest BCUT2D eigenvalue weighted by atomic mass is 35.5.